The number of piperidine rings is 1. The molecule has 2 aromatic heterocycles. The third kappa shape index (κ3) is 4.36. The van der Waals surface area contributed by atoms with E-state index in [1.807, 2.05) is 71.6 Å². The smallest absolute Gasteiger partial charge is 0.223 e. The van der Waals surface area contributed by atoms with Gasteiger partial charge in [-0.3, -0.25) is 9.59 Å². The first-order chi connectivity index (χ1) is 15.7. The van der Waals surface area contributed by atoms with Gasteiger partial charge in [-0.15, -0.1) is 11.3 Å². The number of carbonyl (C=O) groups is 2. The Morgan fingerprint density at radius 1 is 0.969 bits per heavy atom. The number of benzene rings is 2. The number of nitrogens with zero attached hydrogens (tertiary/aromatic N) is 2. The van der Waals surface area contributed by atoms with E-state index in [0.29, 0.717) is 43.8 Å². The van der Waals surface area contributed by atoms with Gasteiger partial charge in [0.2, 0.25) is 5.91 Å². The summed E-state index contributed by atoms with van der Waals surface area (Å²) in [5.41, 5.74) is 1.91. The molecule has 0 bridgehead atoms. The Labute approximate surface area is 190 Å². The molecule has 6 heteroatoms. The van der Waals surface area contributed by atoms with Gasteiger partial charge in [0.25, 0.3) is 0 Å². The molecule has 0 atom stereocenters. The molecule has 2 aromatic carbocycles. The van der Waals surface area contributed by atoms with Crippen molar-refractivity contribution in [1.82, 2.24) is 9.88 Å². The normalized spacial score (nSPS) is 14.7. The maximum Gasteiger partial charge on any atom is 0.223 e. The first kappa shape index (κ1) is 20.6. The Morgan fingerprint density at radius 3 is 2.50 bits per heavy atom. The maximum atomic E-state index is 12.9. The third-order valence-electron chi connectivity index (χ3n) is 6.03. The van der Waals surface area contributed by atoms with Crippen LogP contribution < -0.4 is 0 Å². The van der Waals surface area contributed by atoms with E-state index in [4.69, 9.17) is 4.42 Å². The molecule has 0 aliphatic carbocycles. The predicted molar refractivity (Wildman–Crippen MR) is 126 cm³/mol. The summed E-state index contributed by atoms with van der Waals surface area (Å²) in [6, 6.07) is 21.7. The molecule has 1 amide bonds. The molecular formula is C26H24N2O3S. The van der Waals surface area contributed by atoms with Gasteiger partial charge in [0.05, 0.1) is 10.2 Å². The van der Waals surface area contributed by atoms with Crippen LogP contribution in [0.25, 0.3) is 21.5 Å². The Hall–Kier alpha value is -3.25. The van der Waals surface area contributed by atoms with Gasteiger partial charge < -0.3 is 9.32 Å². The summed E-state index contributed by atoms with van der Waals surface area (Å²) in [6.07, 6.45) is 2.38. The highest BCUT2D eigenvalue weighted by Gasteiger charge is 2.29. The molecule has 1 aliphatic heterocycles. The summed E-state index contributed by atoms with van der Waals surface area (Å²) < 4.78 is 6.95. The Morgan fingerprint density at radius 2 is 1.72 bits per heavy atom. The second kappa shape index (κ2) is 9.09. The molecule has 162 valence electrons. The van der Waals surface area contributed by atoms with Gasteiger partial charge in [-0.05, 0) is 37.1 Å². The lowest BCUT2D eigenvalue weighted by atomic mass is 9.92. The molecule has 5 rings (SSSR count). The van der Waals surface area contributed by atoms with Crippen molar-refractivity contribution in [2.24, 2.45) is 5.92 Å². The van der Waals surface area contributed by atoms with Crippen LogP contribution in [0.4, 0.5) is 0 Å². The van der Waals surface area contributed by atoms with Gasteiger partial charge in [-0.25, -0.2) is 4.98 Å². The molecule has 3 heterocycles. The minimum absolute atomic E-state index is 0.0573. The van der Waals surface area contributed by atoms with Crippen molar-refractivity contribution < 1.29 is 14.0 Å². The van der Waals surface area contributed by atoms with Gasteiger partial charge in [0.1, 0.15) is 11.5 Å². The van der Waals surface area contributed by atoms with Crippen molar-refractivity contribution >= 4 is 33.2 Å². The van der Waals surface area contributed by atoms with Crippen LogP contribution in [0.2, 0.25) is 0 Å². The second-order valence-corrected chi connectivity index (χ2v) is 9.17. The van der Waals surface area contributed by atoms with E-state index in [1.54, 1.807) is 0 Å². The summed E-state index contributed by atoms with van der Waals surface area (Å²) in [6.45, 7) is 1.24. The van der Waals surface area contributed by atoms with Crippen molar-refractivity contribution in [2.45, 2.75) is 25.7 Å². The highest BCUT2D eigenvalue weighted by Crippen LogP contribution is 2.28. The number of thiazole rings is 1. The zero-order valence-corrected chi connectivity index (χ0v) is 18.5. The van der Waals surface area contributed by atoms with Crippen LogP contribution >= 0.6 is 11.3 Å². The van der Waals surface area contributed by atoms with E-state index in [0.717, 1.165) is 27.3 Å². The minimum Gasteiger partial charge on any atom is -0.461 e. The number of likely N-dealkylation sites (tertiary alicyclic amines) is 1. The molecular weight excluding hydrogens is 420 g/mol. The van der Waals surface area contributed by atoms with Crippen molar-refractivity contribution in [2.75, 3.05) is 13.1 Å². The van der Waals surface area contributed by atoms with Crippen LogP contribution in [0.15, 0.2) is 71.1 Å². The van der Waals surface area contributed by atoms with E-state index >= 15 is 0 Å². The molecule has 32 heavy (non-hydrogen) atoms. The fraction of sp³-hybridized carbons (Fsp3) is 0.269. The lowest BCUT2D eigenvalue weighted by Crippen LogP contribution is -2.40. The molecule has 4 aromatic rings. The molecule has 5 nitrogen and oxygen atoms in total. The van der Waals surface area contributed by atoms with Crippen LogP contribution in [0.5, 0.6) is 0 Å². The number of amides is 1. The lowest BCUT2D eigenvalue weighted by molar-refractivity contribution is -0.132. The molecule has 1 aliphatic rings. The van der Waals surface area contributed by atoms with Crippen LogP contribution in [0, 0.1) is 5.92 Å². The summed E-state index contributed by atoms with van der Waals surface area (Å²) in [4.78, 5) is 32.0. The zero-order chi connectivity index (χ0) is 21.9. The monoisotopic (exact) mass is 444 g/mol. The number of ketones is 1. The van der Waals surface area contributed by atoms with E-state index in [1.165, 1.54) is 11.3 Å². The average molecular weight is 445 g/mol. The molecule has 0 unspecified atom stereocenters. The lowest BCUT2D eigenvalue weighted by Gasteiger charge is -2.31. The summed E-state index contributed by atoms with van der Waals surface area (Å²) in [5, 5.41) is 0.586. The van der Waals surface area contributed by atoms with E-state index in [9.17, 15) is 9.59 Å². The maximum absolute atomic E-state index is 12.9. The standard InChI is InChI=1S/C26H24N2O3S/c29-24(13-11-20-10-12-22(31-20)18-6-2-1-3-7-18)28-16-14-19(15-17-28)25(30)26-27-21-8-4-5-9-23(21)32-26/h1-10,12,19H,11,13-17H2. The minimum atomic E-state index is -0.0573. The molecule has 0 N–H and O–H groups in total. The number of aromatic nitrogens is 1. The van der Waals surface area contributed by atoms with Crippen molar-refractivity contribution in [3.8, 4) is 11.3 Å². The van der Waals surface area contributed by atoms with Gasteiger partial charge in [-0.2, -0.15) is 0 Å². The van der Waals surface area contributed by atoms with Crippen molar-refractivity contribution in [1.29, 1.82) is 0 Å². The van der Waals surface area contributed by atoms with Gasteiger partial charge in [0, 0.05) is 37.4 Å². The number of carbonyl (C=O) groups excluding carboxylic acids is 2. The van der Waals surface area contributed by atoms with E-state index < -0.39 is 0 Å². The number of hydrogen-bond donors (Lipinski definition) is 0. The largest absolute Gasteiger partial charge is 0.461 e. The molecule has 0 spiro atoms. The summed E-state index contributed by atoms with van der Waals surface area (Å²) >= 11 is 1.46. The third-order valence-corrected chi connectivity index (χ3v) is 7.08. The zero-order valence-electron chi connectivity index (χ0n) is 17.7. The first-order valence-electron chi connectivity index (χ1n) is 11.0. The van der Waals surface area contributed by atoms with Gasteiger partial charge in [0.15, 0.2) is 10.8 Å². The Kier molecular flexibility index (Phi) is 5.86. The molecule has 1 saturated heterocycles. The van der Waals surface area contributed by atoms with E-state index in [-0.39, 0.29) is 17.6 Å². The van der Waals surface area contributed by atoms with Crippen LogP contribution in [-0.4, -0.2) is 34.7 Å². The summed E-state index contributed by atoms with van der Waals surface area (Å²) in [7, 11) is 0. The fourth-order valence-corrected chi connectivity index (χ4v) is 5.19. The van der Waals surface area contributed by atoms with E-state index in [2.05, 4.69) is 4.98 Å². The summed E-state index contributed by atoms with van der Waals surface area (Å²) in [5.74, 6) is 1.81. The number of Topliss-reactive ketones (excluding diaryl/α,β-unsaturated/α-hetero) is 1. The highest BCUT2D eigenvalue weighted by atomic mass is 32.1. The predicted octanol–water partition coefficient (Wildman–Crippen LogP) is 5.61. The number of furan rings is 1. The number of hydrogen-bond acceptors (Lipinski definition) is 5. The topological polar surface area (TPSA) is 63.4 Å². The van der Waals surface area contributed by atoms with Crippen LogP contribution in [-0.2, 0) is 11.2 Å². The number of rotatable bonds is 6. The van der Waals surface area contributed by atoms with Crippen molar-refractivity contribution in [3.63, 3.8) is 0 Å². The highest BCUT2D eigenvalue weighted by molar-refractivity contribution is 7.20. The fourth-order valence-electron chi connectivity index (χ4n) is 4.20. The number of aryl methyl sites for hydroxylation is 1. The molecule has 0 saturated carbocycles. The van der Waals surface area contributed by atoms with Crippen LogP contribution in [0.3, 0.4) is 0 Å². The average Bonchev–Trinajstić information content (AvgIpc) is 3.50. The Balaban J connectivity index is 1.13. The first-order valence-corrected chi connectivity index (χ1v) is 11.8. The van der Waals surface area contributed by atoms with Crippen LogP contribution in [0.1, 0.15) is 34.8 Å². The second-order valence-electron chi connectivity index (χ2n) is 8.14. The van der Waals surface area contributed by atoms with Gasteiger partial charge >= 0.3 is 0 Å². The quantitative estimate of drug-likeness (QED) is 0.363. The Bertz CT molecular complexity index is 1200. The number of para-hydroxylation sites is 1. The van der Waals surface area contributed by atoms with Crippen molar-refractivity contribution in [3.05, 3.63) is 77.5 Å². The number of fused-ring (bicyclic) bond motifs is 1. The SMILES string of the molecule is O=C(c1nc2ccccc2s1)C1CCN(C(=O)CCc2ccc(-c3ccccc3)o2)CC1. The molecule has 0 radical (unpaired) electrons. The molecule has 1 fully saturated rings. The van der Waals surface area contributed by atoms with Gasteiger partial charge in [-0.1, -0.05) is 42.5 Å².